The Morgan fingerprint density at radius 3 is 2.45 bits per heavy atom. The van der Waals surface area contributed by atoms with Crippen LogP contribution in [0.1, 0.15) is 26.3 Å². The molecule has 4 nitrogen and oxygen atoms in total. The molecular formula is C15H22BrNO3. The summed E-state index contributed by atoms with van der Waals surface area (Å²) >= 11 is 3.24. The van der Waals surface area contributed by atoms with Crippen LogP contribution >= 0.6 is 15.9 Å². The van der Waals surface area contributed by atoms with Crippen LogP contribution in [0.4, 0.5) is 4.79 Å². The molecule has 1 aromatic rings. The zero-order chi connectivity index (χ0) is 15.2. The highest BCUT2D eigenvalue weighted by Gasteiger charge is 2.24. The van der Waals surface area contributed by atoms with Crippen molar-refractivity contribution in [1.82, 2.24) is 5.32 Å². The molecule has 0 aliphatic rings. The summed E-state index contributed by atoms with van der Waals surface area (Å²) in [6.07, 6.45) is -0.645. The fourth-order valence-corrected chi connectivity index (χ4v) is 2.17. The van der Waals surface area contributed by atoms with Gasteiger partial charge in [0, 0.05) is 5.33 Å². The molecule has 0 saturated carbocycles. The van der Waals surface area contributed by atoms with Gasteiger partial charge in [0.25, 0.3) is 0 Å². The maximum atomic E-state index is 11.8. The normalized spacial score (nSPS) is 14.4. The second kappa shape index (κ2) is 7.64. The highest BCUT2D eigenvalue weighted by Crippen LogP contribution is 2.11. The molecule has 0 fully saturated rings. The van der Waals surface area contributed by atoms with Gasteiger partial charge < -0.3 is 15.2 Å². The van der Waals surface area contributed by atoms with Crippen molar-refractivity contribution in [3.8, 4) is 0 Å². The lowest BCUT2D eigenvalue weighted by atomic mass is 10.0. The maximum Gasteiger partial charge on any atom is 0.407 e. The van der Waals surface area contributed by atoms with Gasteiger partial charge >= 0.3 is 6.09 Å². The molecule has 1 amide bonds. The number of ether oxygens (including phenoxy) is 1. The number of aliphatic hydroxyl groups is 1. The van der Waals surface area contributed by atoms with Crippen LogP contribution < -0.4 is 5.32 Å². The average Bonchev–Trinajstić information content (AvgIpc) is 2.36. The second-order valence-corrected chi connectivity index (χ2v) is 6.31. The van der Waals surface area contributed by atoms with E-state index in [1.807, 2.05) is 30.3 Å². The first kappa shape index (κ1) is 17.0. The Bertz CT molecular complexity index is 417. The molecular weight excluding hydrogens is 322 g/mol. The van der Waals surface area contributed by atoms with Gasteiger partial charge in [-0.05, 0) is 32.8 Å². The summed E-state index contributed by atoms with van der Waals surface area (Å²) in [5.74, 6) is 0. The van der Waals surface area contributed by atoms with E-state index in [2.05, 4.69) is 21.2 Å². The third-order valence-corrected chi connectivity index (χ3v) is 3.29. The van der Waals surface area contributed by atoms with Crippen LogP contribution in [0.15, 0.2) is 30.3 Å². The third kappa shape index (κ3) is 6.39. The van der Waals surface area contributed by atoms with Crippen molar-refractivity contribution in [2.24, 2.45) is 0 Å². The van der Waals surface area contributed by atoms with Crippen molar-refractivity contribution in [1.29, 1.82) is 0 Å². The molecule has 0 radical (unpaired) electrons. The van der Waals surface area contributed by atoms with Crippen molar-refractivity contribution >= 4 is 22.0 Å². The van der Waals surface area contributed by atoms with E-state index in [9.17, 15) is 9.90 Å². The Morgan fingerprint density at radius 1 is 1.35 bits per heavy atom. The molecule has 0 aromatic heterocycles. The Kier molecular flexibility index (Phi) is 6.49. The molecule has 0 saturated heterocycles. The van der Waals surface area contributed by atoms with Crippen LogP contribution in [0.5, 0.6) is 0 Å². The largest absolute Gasteiger partial charge is 0.444 e. The summed E-state index contributed by atoms with van der Waals surface area (Å²) in [7, 11) is 0. The van der Waals surface area contributed by atoms with E-state index in [0.29, 0.717) is 11.8 Å². The van der Waals surface area contributed by atoms with Crippen LogP contribution in [0.3, 0.4) is 0 Å². The molecule has 0 spiro atoms. The van der Waals surface area contributed by atoms with E-state index < -0.39 is 23.8 Å². The van der Waals surface area contributed by atoms with Crippen molar-refractivity contribution in [3.63, 3.8) is 0 Å². The van der Waals surface area contributed by atoms with E-state index in [-0.39, 0.29) is 0 Å². The van der Waals surface area contributed by atoms with Gasteiger partial charge in [-0.25, -0.2) is 4.79 Å². The maximum absolute atomic E-state index is 11.8. The lowest BCUT2D eigenvalue weighted by Gasteiger charge is -2.26. The number of carbonyl (C=O) groups is 1. The summed E-state index contributed by atoms with van der Waals surface area (Å²) in [4.78, 5) is 11.8. The van der Waals surface area contributed by atoms with Crippen LogP contribution in [-0.4, -0.2) is 34.3 Å². The molecule has 2 atom stereocenters. The number of hydrogen-bond donors (Lipinski definition) is 2. The number of benzene rings is 1. The molecule has 1 rings (SSSR count). The van der Waals surface area contributed by atoms with Gasteiger partial charge in [-0.15, -0.1) is 0 Å². The SMILES string of the molecule is CC(C)(C)OC(=O)N[C@H](Cc1ccccc1)[C@@H](O)CBr. The summed E-state index contributed by atoms with van der Waals surface area (Å²) in [6, 6.07) is 9.32. The fraction of sp³-hybridized carbons (Fsp3) is 0.533. The van der Waals surface area contributed by atoms with E-state index in [4.69, 9.17) is 4.74 Å². The number of halogens is 1. The van der Waals surface area contributed by atoms with Gasteiger partial charge in [0.15, 0.2) is 0 Å². The van der Waals surface area contributed by atoms with E-state index in [0.717, 1.165) is 5.56 Å². The van der Waals surface area contributed by atoms with Gasteiger partial charge in [0.1, 0.15) is 5.60 Å². The van der Waals surface area contributed by atoms with Gasteiger partial charge in [-0.2, -0.15) is 0 Å². The van der Waals surface area contributed by atoms with Crippen molar-refractivity contribution in [2.45, 2.75) is 44.9 Å². The van der Waals surface area contributed by atoms with Crippen LogP contribution in [0, 0.1) is 0 Å². The van der Waals surface area contributed by atoms with Crippen molar-refractivity contribution in [2.75, 3.05) is 5.33 Å². The van der Waals surface area contributed by atoms with Gasteiger partial charge in [0.2, 0.25) is 0 Å². The minimum Gasteiger partial charge on any atom is -0.444 e. The smallest absolute Gasteiger partial charge is 0.407 e. The summed E-state index contributed by atoms with van der Waals surface area (Å²) in [6.45, 7) is 5.42. The Balaban J connectivity index is 2.68. The number of carbonyl (C=O) groups excluding carboxylic acids is 1. The molecule has 0 unspecified atom stereocenters. The molecule has 0 aliphatic carbocycles. The standard InChI is InChI=1S/C15H22BrNO3/c1-15(2,3)20-14(19)17-12(13(18)10-16)9-11-7-5-4-6-8-11/h4-8,12-13,18H,9-10H2,1-3H3,(H,17,19)/t12-,13+/m1/s1. The van der Waals surface area contributed by atoms with E-state index >= 15 is 0 Å². The molecule has 0 bridgehead atoms. The second-order valence-electron chi connectivity index (χ2n) is 5.66. The van der Waals surface area contributed by atoms with Crippen molar-refractivity contribution in [3.05, 3.63) is 35.9 Å². The number of amides is 1. The van der Waals surface area contributed by atoms with E-state index in [1.54, 1.807) is 20.8 Å². The van der Waals surface area contributed by atoms with Crippen LogP contribution in [0.25, 0.3) is 0 Å². The lowest BCUT2D eigenvalue weighted by molar-refractivity contribution is 0.0442. The average molecular weight is 344 g/mol. The van der Waals surface area contributed by atoms with Gasteiger partial charge in [-0.3, -0.25) is 0 Å². The van der Waals surface area contributed by atoms with Crippen molar-refractivity contribution < 1.29 is 14.6 Å². The highest BCUT2D eigenvalue weighted by molar-refractivity contribution is 9.09. The molecule has 20 heavy (non-hydrogen) atoms. The first-order valence-corrected chi connectivity index (χ1v) is 7.71. The molecule has 0 aliphatic heterocycles. The number of alkyl halides is 1. The molecule has 112 valence electrons. The summed E-state index contributed by atoms with van der Waals surface area (Å²) < 4.78 is 5.22. The van der Waals surface area contributed by atoms with Gasteiger partial charge in [-0.1, -0.05) is 46.3 Å². The topological polar surface area (TPSA) is 58.6 Å². The zero-order valence-corrected chi connectivity index (χ0v) is 13.7. The number of aliphatic hydroxyl groups excluding tert-OH is 1. The Morgan fingerprint density at radius 2 is 1.95 bits per heavy atom. The number of alkyl carbamates (subject to hydrolysis) is 1. The Labute approximate surface area is 128 Å². The third-order valence-electron chi connectivity index (χ3n) is 2.62. The first-order valence-electron chi connectivity index (χ1n) is 6.59. The van der Waals surface area contributed by atoms with Crippen LogP contribution in [0.2, 0.25) is 0 Å². The quantitative estimate of drug-likeness (QED) is 0.808. The number of hydrogen-bond acceptors (Lipinski definition) is 3. The summed E-state index contributed by atoms with van der Waals surface area (Å²) in [5, 5.41) is 13.1. The highest BCUT2D eigenvalue weighted by atomic mass is 79.9. The minimum atomic E-state index is -0.678. The van der Waals surface area contributed by atoms with Gasteiger partial charge in [0.05, 0.1) is 12.1 Å². The monoisotopic (exact) mass is 343 g/mol. The fourth-order valence-electron chi connectivity index (χ4n) is 1.72. The molecule has 1 aromatic carbocycles. The van der Waals surface area contributed by atoms with E-state index in [1.165, 1.54) is 0 Å². The zero-order valence-electron chi connectivity index (χ0n) is 12.1. The lowest BCUT2D eigenvalue weighted by Crippen LogP contribution is -2.47. The molecule has 2 N–H and O–H groups in total. The number of rotatable bonds is 5. The molecule has 0 heterocycles. The number of nitrogens with one attached hydrogen (secondary N) is 1. The van der Waals surface area contributed by atoms with Crippen LogP contribution in [-0.2, 0) is 11.2 Å². The Hall–Kier alpha value is -1.07. The predicted molar refractivity (Wildman–Crippen MR) is 83.1 cm³/mol. The summed E-state index contributed by atoms with van der Waals surface area (Å²) in [5.41, 5.74) is 0.495. The minimum absolute atomic E-state index is 0.389. The predicted octanol–water partition coefficient (Wildman–Crippen LogP) is 2.88. The first-order chi connectivity index (χ1) is 9.31. The molecule has 5 heteroatoms.